The molecule has 0 aromatic rings. The van der Waals surface area contributed by atoms with Crippen LogP contribution in [0.25, 0.3) is 0 Å². The molecule has 2 aliphatic rings. The maximum absolute atomic E-state index is 11.0. The summed E-state index contributed by atoms with van der Waals surface area (Å²) in [6.45, 7) is 2.68. The molecule has 2 rings (SSSR count). The number of ether oxygens (including phenoxy) is 1. The number of esters is 1. The van der Waals surface area contributed by atoms with Crippen LogP contribution in [0.4, 0.5) is 0 Å². The van der Waals surface area contributed by atoms with E-state index in [4.69, 9.17) is 0 Å². The zero-order chi connectivity index (χ0) is 9.31. The SMILES string of the molecule is COC(=O)CN1CCC2(CCC2)C1. The van der Waals surface area contributed by atoms with Gasteiger partial charge in [0.05, 0.1) is 13.7 Å². The van der Waals surface area contributed by atoms with E-state index in [1.165, 1.54) is 32.8 Å². The zero-order valence-electron chi connectivity index (χ0n) is 8.21. The maximum Gasteiger partial charge on any atom is 0.319 e. The van der Waals surface area contributed by atoms with Crippen molar-refractivity contribution >= 4 is 5.97 Å². The van der Waals surface area contributed by atoms with E-state index in [1.54, 1.807) is 0 Å². The van der Waals surface area contributed by atoms with E-state index in [-0.39, 0.29) is 5.97 Å². The van der Waals surface area contributed by atoms with E-state index < -0.39 is 0 Å². The van der Waals surface area contributed by atoms with Gasteiger partial charge in [-0.15, -0.1) is 0 Å². The Kier molecular flexibility index (Phi) is 2.28. The molecule has 3 heteroatoms. The van der Waals surface area contributed by atoms with E-state index >= 15 is 0 Å². The van der Waals surface area contributed by atoms with E-state index in [9.17, 15) is 4.79 Å². The summed E-state index contributed by atoms with van der Waals surface area (Å²) in [7, 11) is 1.46. The summed E-state index contributed by atoms with van der Waals surface area (Å²) in [5.41, 5.74) is 0.591. The van der Waals surface area contributed by atoms with Gasteiger partial charge < -0.3 is 4.74 Å². The molecule has 0 atom stereocenters. The molecule has 0 bridgehead atoms. The van der Waals surface area contributed by atoms with Crippen LogP contribution in [0.5, 0.6) is 0 Å². The van der Waals surface area contributed by atoms with Crippen molar-refractivity contribution in [3.05, 3.63) is 0 Å². The summed E-state index contributed by atoms with van der Waals surface area (Å²) < 4.78 is 4.65. The van der Waals surface area contributed by atoms with E-state index in [2.05, 4.69) is 9.64 Å². The number of carbonyl (C=O) groups excluding carboxylic acids is 1. The first-order valence-electron chi connectivity index (χ1n) is 5.03. The molecule has 1 aliphatic heterocycles. The largest absolute Gasteiger partial charge is 0.468 e. The Morgan fingerprint density at radius 3 is 2.69 bits per heavy atom. The molecule has 1 aliphatic carbocycles. The number of hydrogen-bond donors (Lipinski definition) is 0. The van der Waals surface area contributed by atoms with Gasteiger partial charge in [0, 0.05) is 6.54 Å². The molecule has 2 fully saturated rings. The molecule has 1 heterocycles. The number of nitrogens with zero attached hydrogens (tertiary/aromatic N) is 1. The van der Waals surface area contributed by atoms with Crippen LogP contribution in [0.15, 0.2) is 0 Å². The molecule has 0 unspecified atom stereocenters. The number of hydrogen-bond acceptors (Lipinski definition) is 3. The van der Waals surface area contributed by atoms with Crippen LogP contribution >= 0.6 is 0 Å². The molecule has 1 saturated heterocycles. The van der Waals surface area contributed by atoms with Gasteiger partial charge in [-0.25, -0.2) is 0 Å². The van der Waals surface area contributed by atoms with Gasteiger partial charge in [-0.2, -0.15) is 0 Å². The fourth-order valence-corrected chi connectivity index (χ4v) is 2.49. The van der Waals surface area contributed by atoms with Crippen LogP contribution in [-0.4, -0.2) is 37.6 Å². The minimum Gasteiger partial charge on any atom is -0.468 e. The van der Waals surface area contributed by atoms with E-state index in [0.29, 0.717) is 12.0 Å². The molecule has 13 heavy (non-hydrogen) atoms. The summed E-state index contributed by atoms with van der Waals surface area (Å²) in [6, 6.07) is 0. The lowest BCUT2D eigenvalue weighted by molar-refractivity contribution is -0.141. The van der Waals surface area contributed by atoms with Crippen molar-refractivity contribution < 1.29 is 9.53 Å². The van der Waals surface area contributed by atoms with Gasteiger partial charge in [-0.05, 0) is 31.2 Å². The van der Waals surface area contributed by atoms with Crippen LogP contribution in [0.3, 0.4) is 0 Å². The molecule has 0 radical (unpaired) electrons. The van der Waals surface area contributed by atoms with Gasteiger partial charge >= 0.3 is 5.97 Å². The summed E-state index contributed by atoms with van der Waals surface area (Å²) in [5.74, 6) is -0.101. The number of rotatable bonds is 2. The topological polar surface area (TPSA) is 29.5 Å². The molecule has 0 aromatic carbocycles. The molecule has 0 amide bonds. The second-order valence-electron chi connectivity index (χ2n) is 4.39. The quantitative estimate of drug-likeness (QED) is 0.599. The number of methoxy groups -OCH3 is 1. The molecule has 1 spiro atoms. The number of carbonyl (C=O) groups is 1. The summed E-state index contributed by atoms with van der Waals surface area (Å²) in [4.78, 5) is 13.2. The van der Waals surface area contributed by atoms with Gasteiger partial charge in [0.1, 0.15) is 0 Å². The monoisotopic (exact) mass is 183 g/mol. The van der Waals surface area contributed by atoms with Crippen molar-refractivity contribution in [3.63, 3.8) is 0 Å². The Labute approximate surface area is 79.0 Å². The predicted molar refractivity (Wildman–Crippen MR) is 49.4 cm³/mol. The van der Waals surface area contributed by atoms with Gasteiger partial charge in [0.25, 0.3) is 0 Å². The molecular weight excluding hydrogens is 166 g/mol. The van der Waals surface area contributed by atoms with Gasteiger partial charge in [0.15, 0.2) is 0 Å². The fraction of sp³-hybridized carbons (Fsp3) is 0.900. The van der Waals surface area contributed by atoms with Crippen molar-refractivity contribution in [3.8, 4) is 0 Å². The second kappa shape index (κ2) is 3.29. The Hall–Kier alpha value is -0.570. The lowest BCUT2D eigenvalue weighted by atomic mass is 9.68. The first-order chi connectivity index (χ1) is 6.24. The average molecular weight is 183 g/mol. The van der Waals surface area contributed by atoms with Crippen LogP contribution in [0.2, 0.25) is 0 Å². The highest BCUT2D eigenvalue weighted by Gasteiger charge is 2.42. The molecule has 3 nitrogen and oxygen atoms in total. The average Bonchev–Trinajstić information content (AvgIpc) is 2.48. The third-order valence-electron chi connectivity index (χ3n) is 3.51. The first-order valence-corrected chi connectivity index (χ1v) is 5.03. The van der Waals surface area contributed by atoms with Crippen LogP contribution in [-0.2, 0) is 9.53 Å². The fourth-order valence-electron chi connectivity index (χ4n) is 2.49. The molecule has 74 valence electrons. The normalized spacial score (nSPS) is 25.9. The smallest absolute Gasteiger partial charge is 0.319 e. The summed E-state index contributed by atoms with van der Waals surface area (Å²) >= 11 is 0. The number of likely N-dealkylation sites (tertiary alicyclic amines) is 1. The zero-order valence-corrected chi connectivity index (χ0v) is 8.21. The van der Waals surface area contributed by atoms with Crippen molar-refractivity contribution in [1.29, 1.82) is 0 Å². The molecular formula is C10H17NO2. The highest BCUT2D eigenvalue weighted by molar-refractivity contribution is 5.71. The third kappa shape index (κ3) is 1.70. The molecule has 0 N–H and O–H groups in total. The lowest BCUT2D eigenvalue weighted by Gasteiger charge is -2.38. The van der Waals surface area contributed by atoms with Crippen LogP contribution < -0.4 is 0 Å². The highest BCUT2D eigenvalue weighted by atomic mass is 16.5. The first kappa shape index (κ1) is 9.00. The van der Waals surface area contributed by atoms with Crippen molar-refractivity contribution in [2.75, 3.05) is 26.7 Å². The van der Waals surface area contributed by atoms with Crippen molar-refractivity contribution in [2.24, 2.45) is 5.41 Å². The second-order valence-corrected chi connectivity index (χ2v) is 4.39. The third-order valence-corrected chi connectivity index (χ3v) is 3.51. The van der Waals surface area contributed by atoms with Crippen molar-refractivity contribution in [2.45, 2.75) is 25.7 Å². The van der Waals surface area contributed by atoms with Gasteiger partial charge in [-0.3, -0.25) is 9.69 Å². The predicted octanol–water partition coefficient (Wildman–Crippen LogP) is 1.04. The lowest BCUT2D eigenvalue weighted by Crippen LogP contribution is -2.35. The van der Waals surface area contributed by atoms with Gasteiger partial charge in [-0.1, -0.05) is 6.42 Å². The van der Waals surface area contributed by atoms with Crippen LogP contribution in [0, 0.1) is 5.41 Å². The van der Waals surface area contributed by atoms with Gasteiger partial charge in [0.2, 0.25) is 0 Å². The Bertz CT molecular complexity index is 211. The Morgan fingerprint density at radius 1 is 1.46 bits per heavy atom. The Balaban J connectivity index is 1.81. The Morgan fingerprint density at radius 2 is 2.23 bits per heavy atom. The molecule has 0 aromatic heterocycles. The highest BCUT2D eigenvalue weighted by Crippen LogP contribution is 2.47. The van der Waals surface area contributed by atoms with E-state index in [0.717, 1.165) is 13.1 Å². The summed E-state index contributed by atoms with van der Waals surface area (Å²) in [6.07, 6.45) is 5.39. The minimum absolute atomic E-state index is 0.101. The molecule has 1 saturated carbocycles. The maximum atomic E-state index is 11.0. The van der Waals surface area contributed by atoms with Crippen LogP contribution in [0.1, 0.15) is 25.7 Å². The standard InChI is InChI=1S/C10H17NO2/c1-13-9(12)7-11-6-5-10(8-11)3-2-4-10/h2-8H2,1H3. The summed E-state index contributed by atoms with van der Waals surface area (Å²) in [5, 5.41) is 0. The van der Waals surface area contributed by atoms with E-state index in [1.807, 2.05) is 0 Å². The minimum atomic E-state index is -0.101. The van der Waals surface area contributed by atoms with Crippen molar-refractivity contribution in [1.82, 2.24) is 4.90 Å².